The highest BCUT2D eigenvalue weighted by Gasteiger charge is 2.33. The van der Waals surface area contributed by atoms with E-state index in [-0.39, 0.29) is 87.3 Å². The molecule has 4 amide bonds. The normalized spacial score (nSPS) is 14.0. The fraction of sp³-hybridized carbons (Fsp3) is 0.479. The molecular weight excluding hydrogens is 951 g/mol. The predicted molar refractivity (Wildman–Crippen MR) is 257 cm³/mol. The van der Waals surface area contributed by atoms with Crippen LogP contribution in [0.1, 0.15) is 103 Å². The number of hydrogen-bond donors (Lipinski definition) is 4. The molecule has 1 fully saturated rings. The number of ether oxygens (including phenoxy) is 2. The number of benzene rings is 3. The molecule has 1 atom stereocenters. The van der Waals surface area contributed by atoms with E-state index in [1.54, 1.807) is 62.4 Å². The van der Waals surface area contributed by atoms with Gasteiger partial charge in [0, 0.05) is 82.2 Å². The summed E-state index contributed by atoms with van der Waals surface area (Å²) in [6.45, 7) is 9.43. The lowest BCUT2D eigenvalue weighted by Gasteiger charge is -2.35. The van der Waals surface area contributed by atoms with E-state index in [1.165, 1.54) is 0 Å². The van der Waals surface area contributed by atoms with Crippen molar-refractivity contribution in [2.24, 2.45) is 0 Å². The zero-order chi connectivity index (χ0) is 51.4. The number of nitrogens with one attached hydrogen (secondary N) is 2. The van der Waals surface area contributed by atoms with Crippen molar-refractivity contribution in [2.45, 2.75) is 98.1 Å². The summed E-state index contributed by atoms with van der Waals surface area (Å²) in [5.41, 5.74) is 2.90. The minimum absolute atomic E-state index is 0.00956. The summed E-state index contributed by atoms with van der Waals surface area (Å²) < 4.78 is 79.3. The second-order valence-electron chi connectivity index (χ2n) is 18.0. The smallest absolute Gasteiger partial charge is 0.345 e. The number of esters is 1. The van der Waals surface area contributed by atoms with E-state index >= 15 is 0 Å². The molecule has 70 heavy (non-hydrogen) atoms. The minimum Gasteiger partial charge on any atom is -0.491 e. The maximum atomic E-state index is 14.4. The number of imide groups is 1. The van der Waals surface area contributed by atoms with Crippen LogP contribution in [0.4, 0.5) is 0 Å². The Morgan fingerprint density at radius 3 is 1.97 bits per heavy atom. The lowest BCUT2D eigenvalue weighted by atomic mass is 10.0. The predicted octanol–water partition coefficient (Wildman–Crippen LogP) is 4.31. The van der Waals surface area contributed by atoms with Crippen molar-refractivity contribution in [3.05, 3.63) is 76.9 Å². The number of carbonyl (C=O) groups is 6. The van der Waals surface area contributed by atoms with Gasteiger partial charge in [-0.2, -0.15) is 21.4 Å². The lowest BCUT2D eigenvalue weighted by molar-refractivity contribution is -0.909. The Morgan fingerprint density at radius 2 is 1.34 bits per heavy atom. The molecule has 1 unspecified atom stereocenters. The Balaban J connectivity index is 1.20. The molecule has 0 bridgehead atoms. The van der Waals surface area contributed by atoms with Crippen molar-refractivity contribution < 1.29 is 78.1 Å². The number of amides is 4. The van der Waals surface area contributed by atoms with Crippen LogP contribution in [0.15, 0.2) is 54.6 Å². The van der Waals surface area contributed by atoms with E-state index < -0.39 is 55.5 Å². The van der Waals surface area contributed by atoms with Crippen LogP contribution in [0, 0.1) is 13.8 Å². The van der Waals surface area contributed by atoms with Gasteiger partial charge in [-0.15, -0.1) is 5.06 Å². The number of rotatable bonds is 26. The molecule has 0 spiro atoms. The number of aromatic nitrogens is 1. The Morgan fingerprint density at radius 1 is 0.757 bits per heavy atom. The summed E-state index contributed by atoms with van der Waals surface area (Å²) in [7, 11) is -6.47. The van der Waals surface area contributed by atoms with Gasteiger partial charge in [-0.05, 0) is 75.6 Å². The van der Waals surface area contributed by atoms with Gasteiger partial charge in [0.05, 0.1) is 60.6 Å². The molecule has 0 radical (unpaired) electrons. The van der Waals surface area contributed by atoms with Gasteiger partial charge in [0.15, 0.2) is 6.54 Å². The molecule has 4 aromatic rings. The number of hydrogen-bond acceptors (Lipinski definition) is 13. The SMILES string of the molecule is Cc1cc(C(=O)NCCC[N+](C)(CCCNC(=O)CCCC(=O)ON2C(=O)CCC2=O)CCCS(=O)(=O)O)cc(C)c1OC(=O)c1c2ccccc2[n+](CCCS(=O)(=O)O)c2ccc(OC(C)C)cc12. The molecular formula is C48H63N5O15S2+2. The molecule has 0 saturated carbocycles. The average molecular weight is 1010 g/mol. The van der Waals surface area contributed by atoms with E-state index in [9.17, 15) is 54.7 Å². The molecule has 1 saturated heterocycles. The number of para-hydroxylation sites is 1. The zero-order valence-electron chi connectivity index (χ0n) is 40.2. The Kier molecular flexibility index (Phi) is 18.9. The molecule has 1 aromatic heterocycles. The van der Waals surface area contributed by atoms with Crippen molar-refractivity contribution in [1.29, 1.82) is 0 Å². The summed E-state index contributed by atoms with van der Waals surface area (Å²) in [5, 5.41) is 7.24. The van der Waals surface area contributed by atoms with Crippen LogP contribution in [0.2, 0.25) is 0 Å². The van der Waals surface area contributed by atoms with Gasteiger partial charge in [-0.25, -0.2) is 9.59 Å². The first kappa shape index (κ1) is 54.9. The highest BCUT2D eigenvalue weighted by Crippen LogP contribution is 2.32. The van der Waals surface area contributed by atoms with Gasteiger partial charge in [-0.3, -0.25) is 28.3 Å². The summed E-state index contributed by atoms with van der Waals surface area (Å²) in [4.78, 5) is 80.5. The van der Waals surface area contributed by atoms with E-state index in [4.69, 9.17) is 14.3 Å². The highest BCUT2D eigenvalue weighted by molar-refractivity contribution is 7.86. The maximum Gasteiger partial charge on any atom is 0.345 e. The van der Waals surface area contributed by atoms with E-state index in [1.807, 2.05) is 31.5 Å². The minimum atomic E-state index is -4.21. The van der Waals surface area contributed by atoms with Gasteiger partial charge in [0.25, 0.3) is 38.0 Å². The molecule has 5 rings (SSSR count). The first-order valence-electron chi connectivity index (χ1n) is 23.2. The van der Waals surface area contributed by atoms with Gasteiger partial charge in [0.1, 0.15) is 11.5 Å². The quantitative estimate of drug-likeness (QED) is 0.00998. The second-order valence-corrected chi connectivity index (χ2v) is 21.1. The third-order valence-electron chi connectivity index (χ3n) is 11.7. The maximum absolute atomic E-state index is 14.4. The van der Waals surface area contributed by atoms with Gasteiger partial charge in [-0.1, -0.05) is 12.1 Å². The van der Waals surface area contributed by atoms with Gasteiger partial charge >= 0.3 is 11.9 Å². The fourth-order valence-electron chi connectivity index (χ4n) is 8.45. The number of aryl methyl sites for hydroxylation is 3. The molecule has 4 N–H and O–H groups in total. The van der Waals surface area contributed by atoms with Crippen LogP contribution in [0.5, 0.6) is 11.5 Å². The van der Waals surface area contributed by atoms with Crippen LogP contribution in [-0.4, -0.2) is 128 Å². The fourth-order valence-corrected chi connectivity index (χ4v) is 9.44. The van der Waals surface area contributed by atoms with Crippen molar-refractivity contribution in [3.8, 4) is 11.5 Å². The van der Waals surface area contributed by atoms with Crippen molar-refractivity contribution >= 4 is 77.6 Å². The summed E-state index contributed by atoms with van der Waals surface area (Å²) in [6.07, 6.45) is 1.08. The van der Waals surface area contributed by atoms with Crippen LogP contribution in [0.3, 0.4) is 0 Å². The van der Waals surface area contributed by atoms with Crippen LogP contribution < -0.4 is 24.7 Å². The van der Waals surface area contributed by atoms with Crippen LogP contribution >= 0.6 is 0 Å². The van der Waals surface area contributed by atoms with Crippen LogP contribution in [-0.2, 0) is 50.8 Å². The number of pyridine rings is 1. The Labute approximate surface area is 407 Å². The molecule has 3 aromatic carbocycles. The average Bonchev–Trinajstić information content (AvgIpc) is 3.58. The van der Waals surface area contributed by atoms with Crippen LogP contribution in [0.25, 0.3) is 21.8 Å². The largest absolute Gasteiger partial charge is 0.491 e. The molecule has 0 aliphatic carbocycles. The first-order chi connectivity index (χ1) is 32.9. The molecule has 1 aliphatic rings. The third kappa shape index (κ3) is 16.0. The standard InChI is InChI=1S/C48H61N5O15S2/c1-32(2)66-36-17-18-40-38(31-36)45(37-13-6-7-14-39(37)51(40)23-11-27-69(60,61)62)48(59)67-46-33(3)29-35(30-34(46)4)47(58)50-22-10-25-53(5,26-12-28-70(63,64)65)24-9-21-49-41(54)15-8-16-44(57)68-52-42(55)19-20-43(52)56/h6-7,13-14,17-18,29-32H,8-12,15-16,19-28H2,1-5H3,(H2-2,49,50,54,58,60,61,62,63,64,65)/p+2. The topological polar surface area (TPSA) is 270 Å². The first-order valence-corrected chi connectivity index (χ1v) is 26.4. The number of carbonyl (C=O) groups excluding carboxylic acids is 6. The monoisotopic (exact) mass is 1010 g/mol. The van der Waals surface area contributed by atoms with Crippen molar-refractivity contribution in [1.82, 2.24) is 15.7 Å². The van der Waals surface area contributed by atoms with E-state index in [2.05, 4.69) is 10.6 Å². The highest BCUT2D eigenvalue weighted by atomic mass is 32.2. The van der Waals surface area contributed by atoms with Crippen molar-refractivity contribution in [2.75, 3.05) is 51.3 Å². The molecule has 22 heteroatoms. The second kappa shape index (κ2) is 24.2. The molecule has 2 heterocycles. The van der Waals surface area contributed by atoms with E-state index in [0.29, 0.717) is 92.8 Å². The van der Waals surface area contributed by atoms with Gasteiger partial charge in [0.2, 0.25) is 16.9 Å². The third-order valence-corrected chi connectivity index (χ3v) is 13.3. The Hall–Kier alpha value is -6.07. The van der Waals surface area contributed by atoms with Crippen molar-refractivity contribution in [3.63, 3.8) is 0 Å². The number of quaternary nitrogens is 1. The summed E-state index contributed by atoms with van der Waals surface area (Å²) >= 11 is 0. The lowest BCUT2D eigenvalue weighted by Crippen LogP contribution is -2.48. The number of nitrogens with zero attached hydrogens (tertiary/aromatic N) is 3. The summed E-state index contributed by atoms with van der Waals surface area (Å²) in [6, 6.07) is 15.7. The zero-order valence-corrected chi connectivity index (χ0v) is 41.8. The van der Waals surface area contributed by atoms with E-state index in [0.717, 1.165) is 0 Å². The number of hydroxylamine groups is 2. The van der Waals surface area contributed by atoms with Gasteiger partial charge < -0.3 is 29.4 Å². The molecule has 1 aliphatic heterocycles. The Bertz CT molecular complexity index is 2810. The molecule has 20 nitrogen and oxygen atoms in total. The molecule has 380 valence electrons. The summed E-state index contributed by atoms with van der Waals surface area (Å²) in [5.74, 6) is -3.40. The number of fused-ring (bicyclic) bond motifs is 2.